The summed E-state index contributed by atoms with van der Waals surface area (Å²) in [5.41, 5.74) is -0.457. The molecule has 3 heteroatoms. The first kappa shape index (κ1) is 18.2. The quantitative estimate of drug-likeness (QED) is 0.565. The Kier molecular flexibility index (Phi) is 6.56. The fraction of sp³-hybridized carbons (Fsp3) is 0.381. The number of carbonyl (C=O) groups excluding carboxylic acids is 1. The van der Waals surface area contributed by atoms with Crippen molar-refractivity contribution >= 4 is 5.97 Å². The van der Waals surface area contributed by atoms with Crippen LogP contribution in [-0.2, 0) is 10.4 Å². The highest BCUT2D eigenvalue weighted by Crippen LogP contribution is 2.37. The van der Waals surface area contributed by atoms with Crippen molar-refractivity contribution in [3.05, 3.63) is 66.2 Å². The predicted octanol–water partition coefficient (Wildman–Crippen LogP) is 4.70. The molecule has 0 amide bonds. The van der Waals surface area contributed by atoms with Gasteiger partial charge in [-0.3, -0.25) is 4.79 Å². The first-order valence-electron chi connectivity index (χ1n) is 8.66. The van der Waals surface area contributed by atoms with Gasteiger partial charge in [0.2, 0.25) is 0 Å². The molecule has 0 unspecified atom stereocenters. The summed E-state index contributed by atoms with van der Waals surface area (Å²) in [5, 5.41) is 11.3. The minimum atomic E-state index is -1.22. The largest absolute Gasteiger partial charge is 0.426 e. The SMILES string of the molecule is CCCC[C@H](C(=O)Oc1ccccc1)[C@@](O)(CC)c1ccccc1. The van der Waals surface area contributed by atoms with Gasteiger partial charge in [-0.25, -0.2) is 0 Å². The van der Waals surface area contributed by atoms with Crippen LogP contribution in [0.5, 0.6) is 5.75 Å². The molecule has 128 valence electrons. The molecular formula is C21H26O3. The Morgan fingerprint density at radius 3 is 2.17 bits per heavy atom. The van der Waals surface area contributed by atoms with E-state index < -0.39 is 11.5 Å². The molecule has 0 fully saturated rings. The van der Waals surface area contributed by atoms with Crippen LogP contribution >= 0.6 is 0 Å². The molecule has 0 aromatic heterocycles. The van der Waals surface area contributed by atoms with Crippen LogP contribution in [0.4, 0.5) is 0 Å². The maximum Gasteiger partial charge on any atom is 0.317 e. The van der Waals surface area contributed by atoms with Gasteiger partial charge in [0, 0.05) is 0 Å². The minimum Gasteiger partial charge on any atom is -0.426 e. The highest BCUT2D eigenvalue weighted by atomic mass is 16.5. The molecular weight excluding hydrogens is 300 g/mol. The van der Waals surface area contributed by atoms with Crippen molar-refractivity contribution in [2.24, 2.45) is 5.92 Å². The van der Waals surface area contributed by atoms with Crippen LogP contribution in [-0.4, -0.2) is 11.1 Å². The van der Waals surface area contributed by atoms with E-state index in [1.54, 1.807) is 12.1 Å². The summed E-state index contributed by atoms with van der Waals surface area (Å²) in [5.74, 6) is -0.455. The lowest BCUT2D eigenvalue weighted by Gasteiger charge is -2.34. The molecule has 0 radical (unpaired) electrons. The van der Waals surface area contributed by atoms with Crippen LogP contribution in [0.2, 0.25) is 0 Å². The number of rotatable bonds is 8. The highest BCUT2D eigenvalue weighted by molar-refractivity contribution is 5.76. The van der Waals surface area contributed by atoms with Crippen LogP contribution < -0.4 is 4.74 Å². The Morgan fingerprint density at radius 2 is 1.62 bits per heavy atom. The predicted molar refractivity (Wildman–Crippen MR) is 95.7 cm³/mol. The summed E-state index contributed by atoms with van der Waals surface area (Å²) in [7, 11) is 0. The molecule has 2 aromatic rings. The van der Waals surface area contributed by atoms with Gasteiger partial charge in [0.1, 0.15) is 11.4 Å². The van der Waals surface area contributed by atoms with Crippen molar-refractivity contribution in [2.45, 2.75) is 45.1 Å². The number of hydrogen-bond donors (Lipinski definition) is 1. The van der Waals surface area contributed by atoms with Crippen LogP contribution in [0.1, 0.15) is 45.1 Å². The van der Waals surface area contributed by atoms with Gasteiger partial charge < -0.3 is 9.84 Å². The molecule has 2 atom stereocenters. The van der Waals surface area contributed by atoms with Crippen molar-refractivity contribution in [1.29, 1.82) is 0 Å². The number of carbonyl (C=O) groups is 1. The van der Waals surface area contributed by atoms with Crippen LogP contribution in [0.15, 0.2) is 60.7 Å². The van der Waals surface area contributed by atoms with Gasteiger partial charge in [0.15, 0.2) is 0 Å². The van der Waals surface area contributed by atoms with E-state index in [2.05, 4.69) is 6.92 Å². The maximum absolute atomic E-state index is 12.8. The van der Waals surface area contributed by atoms with Gasteiger partial charge in [0.05, 0.1) is 5.92 Å². The van der Waals surface area contributed by atoms with E-state index in [0.717, 1.165) is 18.4 Å². The molecule has 0 spiro atoms. The molecule has 0 bridgehead atoms. The smallest absolute Gasteiger partial charge is 0.317 e. The van der Waals surface area contributed by atoms with Crippen LogP contribution in [0.25, 0.3) is 0 Å². The Labute approximate surface area is 144 Å². The molecule has 3 nitrogen and oxygen atoms in total. The Morgan fingerprint density at radius 1 is 1.04 bits per heavy atom. The fourth-order valence-electron chi connectivity index (χ4n) is 3.01. The Hall–Kier alpha value is -2.13. The molecule has 0 saturated heterocycles. The monoisotopic (exact) mass is 326 g/mol. The van der Waals surface area contributed by atoms with Gasteiger partial charge >= 0.3 is 5.97 Å². The lowest BCUT2D eigenvalue weighted by atomic mass is 9.76. The van der Waals surface area contributed by atoms with Crippen molar-refractivity contribution in [3.8, 4) is 5.75 Å². The Balaban J connectivity index is 2.30. The number of benzene rings is 2. The second kappa shape index (κ2) is 8.65. The number of para-hydroxylation sites is 1. The Bertz CT molecular complexity index is 624. The zero-order valence-corrected chi connectivity index (χ0v) is 14.4. The van der Waals surface area contributed by atoms with Gasteiger partial charge in [-0.1, -0.05) is 75.2 Å². The summed E-state index contributed by atoms with van der Waals surface area (Å²) >= 11 is 0. The topological polar surface area (TPSA) is 46.5 Å². The lowest BCUT2D eigenvalue weighted by molar-refractivity contribution is -0.151. The maximum atomic E-state index is 12.8. The summed E-state index contributed by atoms with van der Waals surface area (Å²) in [4.78, 5) is 12.8. The molecule has 0 aliphatic carbocycles. The average molecular weight is 326 g/mol. The third-order valence-electron chi connectivity index (χ3n) is 4.48. The van der Waals surface area contributed by atoms with Gasteiger partial charge in [-0.2, -0.15) is 0 Å². The van der Waals surface area contributed by atoms with E-state index in [1.165, 1.54) is 0 Å². The summed E-state index contributed by atoms with van der Waals surface area (Å²) in [6, 6.07) is 18.5. The van der Waals surface area contributed by atoms with Crippen molar-refractivity contribution in [2.75, 3.05) is 0 Å². The van der Waals surface area contributed by atoms with E-state index in [0.29, 0.717) is 18.6 Å². The van der Waals surface area contributed by atoms with Gasteiger partial charge in [-0.15, -0.1) is 0 Å². The molecule has 24 heavy (non-hydrogen) atoms. The lowest BCUT2D eigenvalue weighted by Crippen LogP contribution is -2.41. The first-order chi connectivity index (χ1) is 11.6. The normalized spacial score (nSPS) is 14.6. The van der Waals surface area contributed by atoms with E-state index in [9.17, 15) is 9.90 Å². The number of ether oxygens (including phenoxy) is 1. The number of esters is 1. The van der Waals surface area contributed by atoms with Crippen molar-refractivity contribution in [1.82, 2.24) is 0 Å². The third-order valence-corrected chi connectivity index (χ3v) is 4.48. The molecule has 2 aromatic carbocycles. The third kappa shape index (κ3) is 4.24. The standard InChI is InChI=1S/C21H26O3/c1-3-5-16-19(20(22)24-18-14-10-7-11-15-18)21(23,4-2)17-12-8-6-9-13-17/h6-15,19,23H,3-5,16H2,1-2H3/t19-,21-/m1/s1. The second-order valence-electron chi connectivity index (χ2n) is 6.07. The minimum absolute atomic E-state index is 0.372. The molecule has 0 saturated carbocycles. The van der Waals surface area contributed by atoms with E-state index in [4.69, 9.17) is 4.74 Å². The summed E-state index contributed by atoms with van der Waals surface area (Å²) < 4.78 is 5.54. The van der Waals surface area contributed by atoms with Crippen molar-refractivity contribution < 1.29 is 14.6 Å². The second-order valence-corrected chi connectivity index (χ2v) is 6.07. The zero-order chi connectivity index (χ0) is 17.4. The highest BCUT2D eigenvalue weighted by Gasteiger charge is 2.42. The summed E-state index contributed by atoms with van der Waals surface area (Å²) in [6.07, 6.45) is 2.88. The van der Waals surface area contributed by atoms with Gasteiger partial charge in [0.25, 0.3) is 0 Å². The molecule has 0 aliphatic heterocycles. The summed E-state index contributed by atoms with van der Waals surface area (Å²) in [6.45, 7) is 3.98. The number of unbranched alkanes of at least 4 members (excludes halogenated alkanes) is 1. The average Bonchev–Trinajstić information content (AvgIpc) is 2.63. The van der Waals surface area contributed by atoms with Gasteiger partial charge in [-0.05, 0) is 30.5 Å². The van der Waals surface area contributed by atoms with E-state index >= 15 is 0 Å². The number of hydrogen-bond acceptors (Lipinski definition) is 3. The molecule has 0 heterocycles. The van der Waals surface area contributed by atoms with E-state index in [-0.39, 0.29) is 5.97 Å². The number of aliphatic hydroxyl groups is 1. The van der Waals surface area contributed by atoms with Crippen LogP contribution in [0, 0.1) is 5.92 Å². The molecule has 1 N–H and O–H groups in total. The van der Waals surface area contributed by atoms with E-state index in [1.807, 2.05) is 55.5 Å². The zero-order valence-electron chi connectivity index (χ0n) is 14.4. The van der Waals surface area contributed by atoms with Crippen molar-refractivity contribution in [3.63, 3.8) is 0 Å². The first-order valence-corrected chi connectivity index (χ1v) is 8.66. The molecule has 2 rings (SSSR count). The fourth-order valence-corrected chi connectivity index (χ4v) is 3.01. The molecule has 0 aliphatic rings. The van der Waals surface area contributed by atoms with Crippen LogP contribution in [0.3, 0.4) is 0 Å².